The van der Waals surface area contributed by atoms with Crippen molar-refractivity contribution in [3.05, 3.63) is 35.4 Å². The highest BCUT2D eigenvalue weighted by atomic mass is 19.1. The molecule has 1 aliphatic rings. The SMILES string of the molecule is COCC(O)CN1CCC(NC(=O)c2ccc(F)cc2F)CC1. The van der Waals surface area contributed by atoms with Crippen molar-refractivity contribution in [3.8, 4) is 0 Å². The molecular weight excluding hydrogens is 306 g/mol. The lowest BCUT2D eigenvalue weighted by molar-refractivity contribution is 0.0309. The monoisotopic (exact) mass is 328 g/mol. The Morgan fingerprint density at radius 3 is 2.74 bits per heavy atom. The van der Waals surface area contributed by atoms with Gasteiger partial charge in [0.2, 0.25) is 0 Å². The van der Waals surface area contributed by atoms with E-state index in [4.69, 9.17) is 4.74 Å². The molecule has 1 aromatic rings. The van der Waals surface area contributed by atoms with E-state index in [-0.39, 0.29) is 11.6 Å². The van der Waals surface area contributed by atoms with Crippen LogP contribution in [0.5, 0.6) is 0 Å². The normalized spacial score (nSPS) is 17.9. The molecule has 1 aromatic carbocycles. The quantitative estimate of drug-likeness (QED) is 0.823. The fraction of sp³-hybridized carbons (Fsp3) is 0.562. The Morgan fingerprint density at radius 2 is 2.13 bits per heavy atom. The second-order valence-electron chi connectivity index (χ2n) is 5.78. The van der Waals surface area contributed by atoms with Crippen LogP contribution in [-0.4, -0.2) is 61.4 Å². The van der Waals surface area contributed by atoms with Crippen molar-refractivity contribution >= 4 is 5.91 Å². The Hall–Kier alpha value is -1.57. The van der Waals surface area contributed by atoms with Crippen LogP contribution >= 0.6 is 0 Å². The summed E-state index contributed by atoms with van der Waals surface area (Å²) in [5, 5.41) is 12.5. The maximum Gasteiger partial charge on any atom is 0.254 e. The first-order chi connectivity index (χ1) is 11.0. The van der Waals surface area contributed by atoms with Crippen LogP contribution in [0.1, 0.15) is 23.2 Å². The Bertz CT molecular complexity index is 534. The molecule has 1 atom stereocenters. The van der Waals surface area contributed by atoms with Gasteiger partial charge in [0.1, 0.15) is 11.6 Å². The van der Waals surface area contributed by atoms with Gasteiger partial charge in [-0.25, -0.2) is 8.78 Å². The maximum absolute atomic E-state index is 13.6. The number of aliphatic hydroxyl groups is 1. The number of aliphatic hydroxyl groups excluding tert-OH is 1. The number of ether oxygens (including phenoxy) is 1. The summed E-state index contributed by atoms with van der Waals surface area (Å²) in [6, 6.07) is 2.87. The number of carbonyl (C=O) groups is 1. The highest BCUT2D eigenvalue weighted by molar-refractivity contribution is 5.94. The van der Waals surface area contributed by atoms with Gasteiger partial charge in [-0.3, -0.25) is 4.79 Å². The number of piperidine rings is 1. The molecule has 1 saturated heterocycles. The fourth-order valence-corrected chi connectivity index (χ4v) is 2.74. The zero-order chi connectivity index (χ0) is 16.8. The number of likely N-dealkylation sites (tertiary alicyclic amines) is 1. The summed E-state index contributed by atoms with van der Waals surface area (Å²) in [4.78, 5) is 14.1. The molecule has 23 heavy (non-hydrogen) atoms. The van der Waals surface area contributed by atoms with Gasteiger partial charge in [0.25, 0.3) is 5.91 Å². The van der Waals surface area contributed by atoms with Crippen LogP contribution in [0.4, 0.5) is 8.78 Å². The molecule has 1 aliphatic heterocycles. The minimum absolute atomic E-state index is 0.0530. The van der Waals surface area contributed by atoms with Gasteiger partial charge < -0.3 is 20.1 Å². The van der Waals surface area contributed by atoms with E-state index in [9.17, 15) is 18.7 Å². The summed E-state index contributed by atoms with van der Waals surface area (Å²) in [5.41, 5.74) is -0.149. The van der Waals surface area contributed by atoms with Crippen molar-refractivity contribution in [1.82, 2.24) is 10.2 Å². The van der Waals surface area contributed by atoms with Gasteiger partial charge in [0.05, 0.1) is 18.3 Å². The van der Waals surface area contributed by atoms with E-state index in [1.165, 1.54) is 0 Å². The molecule has 0 radical (unpaired) electrons. The second-order valence-corrected chi connectivity index (χ2v) is 5.78. The average Bonchev–Trinajstić information content (AvgIpc) is 2.49. The minimum Gasteiger partial charge on any atom is -0.389 e. The molecule has 0 spiro atoms. The highest BCUT2D eigenvalue weighted by Crippen LogP contribution is 2.14. The molecule has 128 valence electrons. The molecule has 7 heteroatoms. The number of halogens is 2. The summed E-state index contributed by atoms with van der Waals surface area (Å²) >= 11 is 0. The number of methoxy groups -OCH3 is 1. The fourth-order valence-electron chi connectivity index (χ4n) is 2.74. The molecule has 5 nitrogen and oxygen atoms in total. The molecule has 0 bridgehead atoms. The van der Waals surface area contributed by atoms with Crippen molar-refractivity contribution in [2.24, 2.45) is 0 Å². The minimum atomic E-state index is -0.859. The number of benzene rings is 1. The number of hydrogen-bond acceptors (Lipinski definition) is 4. The zero-order valence-corrected chi connectivity index (χ0v) is 13.1. The van der Waals surface area contributed by atoms with E-state index >= 15 is 0 Å². The van der Waals surface area contributed by atoms with Gasteiger partial charge in [0.15, 0.2) is 0 Å². The zero-order valence-electron chi connectivity index (χ0n) is 13.1. The lowest BCUT2D eigenvalue weighted by Crippen LogP contribution is -2.47. The smallest absolute Gasteiger partial charge is 0.254 e. The van der Waals surface area contributed by atoms with Crippen molar-refractivity contribution < 1.29 is 23.4 Å². The number of nitrogens with one attached hydrogen (secondary N) is 1. The third-order valence-electron chi connectivity index (χ3n) is 3.93. The number of nitrogens with zero attached hydrogens (tertiary/aromatic N) is 1. The topological polar surface area (TPSA) is 61.8 Å². The van der Waals surface area contributed by atoms with Crippen LogP contribution in [0.2, 0.25) is 0 Å². The largest absolute Gasteiger partial charge is 0.389 e. The molecule has 1 heterocycles. The van der Waals surface area contributed by atoms with E-state index in [2.05, 4.69) is 10.2 Å². The third-order valence-corrected chi connectivity index (χ3v) is 3.93. The van der Waals surface area contributed by atoms with Gasteiger partial charge in [-0.1, -0.05) is 0 Å². The molecule has 2 N–H and O–H groups in total. The number of hydrogen-bond donors (Lipinski definition) is 2. The number of rotatable bonds is 6. The summed E-state index contributed by atoms with van der Waals surface area (Å²) in [5.74, 6) is -2.09. The second kappa shape index (κ2) is 8.33. The Balaban J connectivity index is 1.81. The molecule has 2 rings (SSSR count). The van der Waals surface area contributed by atoms with Gasteiger partial charge in [-0.2, -0.15) is 0 Å². The first-order valence-electron chi connectivity index (χ1n) is 7.65. The van der Waals surface area contributed by atoms with Gasteiger partial charge >= 0.3 is 0 Å². The molecule has 1 fully saturated rings. The maximum atomic E-state index is 13.6. The Morgan fingerprint density at radius 1 is 1.43 bits per heavy atom. The first kappa shape index (κ1) is 17.8. The highest BCUT2D eigenvalue weighted by Gasteiger charge is 2.23. The van der Waals surface area contributed by atoms with Crippen LogP contribution in [0.15, 0.2) is 18.2 Å². The van der Waals surface area contributed by atoms with E-state index in [0.29, 0.717) is 32.1 Å². The van der Waals surface area contributed by atoms with Crippen LogP contribution < -0.4 is 5.32 Å². The molecule has 0 aromatic heterocycles. The van der Waals surface area contributed by atoms with Crippen molar-refractivity contribution in [3.63, 3.8) is 0 Å². The molecular formula is C16H22F2N2O3. The lowest BCUT2D eigenvalue weighted by atomic mass is 10.0. The predicted molar refractivity (Wildman–Crippen MR) is 81.2 cm³/mol. The van der Waals surface area contributed by atoms with Crippen molar-refractivity contribution in [1.29, 1.82) is 0 Å². The average molecular weight is 328 g/mol. The Kier molecular flexibility index (Phi) is 6.44. The lowest BCUT2D eigenvalue weighted by Gasteiger charge is -2.33. The summed E-state index contributed by atoms with van der Waals surface area (Å²) in [7, 11) is 1.54. The molecule has 1 amide bonds. The van der Waals surface area contributed by atoms with Crippen LogP contribution in [0.25, 0.3) is 0 Å². The van der Waals surface area contributed by atoms with Gasteiger partial charge in [-0.15, -0.1) is 0 Å². The third kappa shape index (κ3) is 5.23. The van der Waals surface area contributed by atoms with Crippen molar-refractivity contribution in [2.45, 2.75) is 25.0 Å². The van der Waals surface area contributed by atoms with Crippen LogP contribution in [-0.2, 0) is 4.74 Å². The number of amides is 1. The van der Waals surface area contributed by atoms with E-state index in [1.807, 2.05) is 0 Å². The van der Waals surface area contributed by atoms with E-state index in [0.717, 1.165) is 25.2 Å². The summed E-state index contributed by atoms with van der Waals surface area (Å²) in [6.45, 7) is 2.29. The number of β-amino-alcohol motifs (C(OH)–C–C–N with tert-alkyl or cyclic N) is 1. The first-order valence-corrected chi connectivity index (χ1v) is 7.65. The molecule has 0 aliphatic carbocycles. The van der Waals surface area contributed by atoms with E-state index < -0.39 is 23.6 Å². The van der Waals surface area contributed by atoms with Crippen LogP contribution in [0.3, 0.4) is 0 Å². The molecule has 1 unspecified atom stereocenters. The van der Waals surface area contributed by atoms with Gasteiger partial charge in [0, 0.05) is 38.9 Å². The van der Waals surface area contributed by atoms with Crippen LogP contribution in [0, 0.1) is 11.6 Å². The predicted octanol–water partition coefficient (Wildman–Crippen LogP) is 1.17. The standard InChI is InChI=1S/C16H22F2N2O3/c1-23-10-13(21)9-20-6-4-12(5-7-20)19-16(22)14-3-2-11(17)8-15(14)18/h2-3,8,12-13,21H,4-7,9-10H2,1H3,(H,19,22). The van der Waals surface area contributed by atoms with Gasteiger partial charge in [-0.05, 0) is 25.0 Å². The Labute approximate surface area is 134 Å². The molecule has 0 saturated carbocycles. The summed E-state index contributed by atoms with van der Waals surface area (Å²) in [6.07, 6.45) is 0.905. The van der Waals surface area contributed by atoms with Crippen molar-refractivity contribution in [2.75, 3.05) is 33.4 Å². The summed E-state index contributed by atoms with van der Waals surface area (Å²) < 4.78 is 31.3. The number of carbonyl (C=O) groups excluding carboxylic acids is 1. The van der Waals surface area contributed by atoms with E-state index in [1.54, 1.807) is 7.11 Å².